The molecular formula is C16H22N4O2. The summed E-state index contributed by atoms with van der Waals surface area (Å²) >= 11 is 0. The highest BCUT2D eigenvalue weighted by Crippen LogP contribution is 2.26. The van der Waals surface area contributed by atoms with Gasteiger partial charge in [0.05, 0.1) is 20.8 Å². The molecule has 1 aliphatic rings. The van der Waals surface area contributed by atoms with E-state index in [1.165, 1.54) is 19.3 Å². The molecule has 0 saturated heterocycles. The van der Waals surface area contributed by atoms with Crippen molar-refractivity contribution in [2.24, 2.45) is 0 Å². The minimum atomic E-state index is 0.642. The summed E-state index contributed by atoms with van der Waals surface area (Å²) in [4.78, 5) is 0. The van der Waals surface area contributed by atoms with Crippen LogP contribution in [-0.4, -0.2) is 29.0 Å². The lowest BCUT2D eigenvalue weighted by molar-refractivity contribution is 0.394. The van der Waals surface area contributed by atoms with Crippen LogP contribution in [0.1, 0.15) is 30.9 Å². The third kappa shape index (κ3) is 3.16. The second-order valence-electron chi connectivity index (χ2n) is 5.45. The first-order chi connectivity index (χ1) is 10.8. The number of hydrogen-bond donors (Lipinski definition) is 1. The Morgan fingerprint density at radius 2 is 1.82 bits per heavy atom. The van der Waals surface area contributed by atoms with Crippen molar-refractivity contribution in [2.75, 3.05) is 19.5 Å². The van der Waals surface area contributed by atoms with Crippen LogP contribution < -0.4 is 14.8 Å². The Labute approximate surface area is 130 Å². The lowest BCUT2D eigenvalue weighted by Gasteiger charge is -2.11. The SMILES string of the molecule is COc1cc(NCc2nnc3n2CCCCC3)cc(OC)c1. The summed E-state index contributed by atoms with van der Waals surface area (Å²) in [6, 6.07) is 5.75. The summed E-state index contributed by atoms with van der Waals surface area (Å²) in [5.74, 6) is 3.63. The number of fused-ring (bicyclic) bond motifs is 1. The smallest absolute Gasteiger partial charge is 0.152 e. The quantitative estimate of drug-likeness (QED) is 0.920. The van der Waals surface area contributed by atoms with Crippen LogP contribution in [-0.2, 0) is 19.5 Å². The van der Waals surface area contributed by atoms with Crippen molar-refractivity contribution < 1.29 is 9.47 Å². The van der Waals surface area contributed by atoms with Gasteiger partial charge in [-0.1, -0.05) is 6.42 Å². The lowest BCUT2D eigenvalue weighted by Crippen LogP contribution is -2.10. The number of hydrogen-bond acceptors (Lipinski definition) is 5. The van der Waals surface area contributed by atoms with E-state index in [0.29, 0.717) is 6.54 Å². The van der Waals surface area contributed by atoms with Gasteiger partial charge in [-0.05, 0) is 12.8 Å². The number of aromatic nitrogens is 3. The van der Waals surface area contributed by atoms with Crippen molar-refractivity contribution in [1.29, 1.82) is 0 Å². The van der Waals surface area contributed by atoms with Crippen molar-refractivity contribution in [3.8, 4) is 11.5 Å². The molecule has 2 heterocycles. The van der Waals surface area contributed by atoms with Gasteiger partial charge in [-0.3, -0.25) is 0 Å². The van der Waals surface area contributed by atoms with Crippen molar-refractivity contribution in [3.05, 3.63) is 29.8 Å². The molecule has 0 unspecified atom stereocenters. The molecule has 3 rings (SSSR count). The number of anilines is 1. The number of nitrogens with one attached hydrogen (secondary N) is 1. The van der Waals surface area contributed by atoms with Gasteiger partial charge in [0, 0.05) is 36.9 Å². The van der Waals surface area contributed by atoms with Gasteiger partial charge < -0.3 is 19.4 Å². The maximum atomic E-state index is 5.29. The van der Waals surface area contributed by atoms with Crippen LogP contribution in [0.4, 0.5) is 5.69 Å². The van der Waals surface area contributed by atoms with Crippen LogP contribution in [0, 0.1) is 0 Å². The van der Waals surface area contributed by atoms with E-state index in [2.05, 4.69) is 20.1 Å². The highest BCUT2D eigenvalue weighted by molar-refractivity contribution is 5.53. The van der Waals surface area contributed by atoms with Gasteiger partial charge in [-0.2, -0.15) is 0 Å². The zero-order valence-electron chi connectivity index (χ0n) is 13.1. The van der Waals surface area contributed by atoms with Crippen LogP contribution in [0.25, 0.3) is 0 Å². The van der Waals surface area contributed by atoms with Gasteiger partial charge in [0.2, 0.25) is 0 Å². The minimum Gasteiger partial charge on any atom is -0.497 e. The monoisotopic (exact) mass is 302 g/mol. The average Bonchev–Trinajstić information content (AvgIpc) is 2.79. The zero-order chi connectivity index (χ0) is 15.4. The van der Waals surface area contributed by atoms with E-state index in [-0.39, 0.29) is 0 Å². The third-order valence-electron chi connectivity index (χ3n) is 3.99. The van der Waals surface area contributed by atoms with E-state index < -0.39 is 0 Å². The molecular weight excluding hydrogens is 280 g/mol. The maximum absolute atomic E-state index is 5.29. The number of ether oxygens (including phenoxy) is 2. The van der Waals surface area contributed by atoms with Gasteiger partial charge in [0.25, 0.3) is 0 Å². The Morgan fingerprint density at radius 1 is 1.05 bits per heavy atom. The second kappa shape index (κ2) is 6.68. The van der Waals surface area contributed by atoms with Gasteiger partial charge in [-0.25, -0.2) is 0 Å². The van der Waals surface area contributed by atoms with E-state index in [9.17, 15) is 0 Å². The third-order valence-corrected chi connectivity index (χ3v) is 3.99. The molecule has 6 nitrogen and oxygen atoms in total. The van der Waals surface area contributed by atoms with E-state index in [4.69, 9.17) is 9.47 Å². The highest BCUT2D eigenvalue weighted by Gasteiger charge is 2.14. The first kappa shape index (κ1) is 14.7. The normalized spacial score (nSPS) is 14.1. The minimum absolute atomic E-state index is 0.642. The molecule has 0 atom stereocenters. The molecule has 6 heteroatoms. The first-order valence-corrected chi connectivity index (χ1v) is 7.68. The summed E-state index contributed by atoms with van der Waals surface area (Å²) in [7, 11) is 3.30. The maximum Gasteiger partial charge on any atom is 0.152 e. The number of rotatable bonds is 5. The Hall–Kier alpha value is -2.24. The van der Waals surface area contributed by atoms with Gasteiger partial charge in [0.15, 0.2) is 5.82 Å². The molecule has 1 aromatic carbocycles. The number of benzene rings is 1. The summed E-state index contributed by atoms with van der Waals surface area (Å²) in [5.41, 5.74) is 0.946. The Morgan fingerprint density at radius 3 is 2.55 bits per heavy atom. The molecule has 2 aromatic rings. The molecule has 0 saturated carbocycles. The largest absolute Gasteiger partial charge is 0.497 e. The van der Waals surface area contributed by atoms with Crippen LogP contribution in [0.5, 0.6) is 11.5 Å². The zero-order valence-corrected chi connectivity index (χ0v) is 13.1. The molecule has 22 heavy (non-hydrogen) atoms. The predicted molar refractivity (Wildman–Crippen MR) is 84.4 cm³/mol. The predicted octanol–water partition coefficient (Wildman–Crippen LogP) is 2.63. The van der Waals surface area contributed by atoms with Gasteiger partial charge >= 0.3 is 0 Å². The summed E-state index contributed by atoms with van der Waals surface area (Å²) < 4.78 is 12.8. The van der Waals surface area contributed by atoms with Crippen LogP contribution >= 0.6 is 0 Å². The second-order valence-corrected chi connectivity index (χ2v) is 5.45. The molecule has 0 radical (unpaired) electrons. The average molecular weight is 302 g/mol. The summed E-state index contributed by atoms with van der Waals surface area (Å²) in [6.07, 6.45) is 4.70. The van der Waals surface area contributed by atoms with E-state index in [0.717, 1.165) is 41.8 Å². The van der Waals surface area contributed by atoms with Crippen molar-refractivity contribution in [1.82, 2.24) is 14.8 Å². The Balaban J connectivity index is 1.74. The Kier molecular flexibility index (Phi) is 4.46. The van der Waals surface area contributed by atoms with E-state index >= 15 is 0 Å². The fraction of sp³-hybridized carbons (Fsp3) is 0.500. The number of aryl methyl sites for hydroxylation is 1. The molecule has 1 aromatic heterocycles. The van der Waals surface area contributed by atoms with Gasteiger partial charge in [0.1, 0.15) is 17.3 Å². The summed E-state index contributed by atoms with van der Waals surface area (Å²) in [5, 5.41) is 12.0. The molecule has 0 aliphatic carbocycles. The first-order valence-electron chi connectivity index (χ1n) is 7.68. The standard InChI is InChI=1S/C16H22N4O2/c1-21-13-8-12(9-14(10-13)22-2)17-11-16-19-18-15-6-4-3-5-7-20(15)16/h8-10,17H,3-7,11H2,1-2H3. The molecule has 0 amide bonds. The fourth-order valence-corrected chi connectivity index (χ4v) is 2.77. The van der Waals surface area contributed by atoms with Crippen molar-refractivity contribution in [2.45, 2.75) is 38.8 Å². The topological polar surface area (TPSA) is 61.2 Å². The molecule has 1 N–H and O–H groups in total. The lowest BCUT2D eigenvalue weighted by atomic mass is 10.2. The van der Waals surface area contributed by atoms with Crippen molar-refractivity contribution in [3.63, 3.8) is 0 Å². The molecule has 0 spiro atoms. The summed E-state index contributed by atoms with van der Waals surface area (Å²) in [6.45, 7) is 1.66. The van der Waals surface area contributed by atoms with Gasteiger partial charge in [-0.15, -0.1) is 10.2 Å². The van der Waals surface area contributed by atoms with Crippen molar-refractivity contribution >= 4 is 5.69 Å². The van der Waals surface area contributed by atoms with Crippen LogP contribution in [0.15, 0.2) is 18.2 Å². The number of methoxy groups -OCH3 is 2. The number of nitrogens with zero attached hydrogens (tertiary/aromatic N) is 3. The molecule has 118 valence electrons. The Bertz CT molecular complexity index is 617. The van der Waals surface area contributed by atoms with E-state index in [1.807, 2.05) is 18.2 Å². The highest BCUT2D eigenvalue weighted by atomic mass is 16.5. The van der Waals surface area contributed by atoms with Crippen LogP contribution in [0.2, 0.25) is 0 Å². The fourth-order valence-electron chi connectivity index (χ4n) is 2.77. The molecule has 1 aliphatic heterocycles. The molecule has 0 fully saturated rings. The molecule has 0 bridgehead atoms. The van der Waals surface area contributed by atoms with E-state index in [1.54, 1.807) is 14.2 Å². The van der Waals surface area contributed by atoms with Crippen LogP contribution in [0.3, 0.4) is 0 Å².